The molecule has 0 aliphatic rings. The van der Waals surface area contributed by atoms with Crippen molar-refractivity contribution in [2.24, 2.45) is 0 Å². The number of hydrogen-bond donors (Lipinski definition) is 1. The Balaban J connectivity index is 2.40. The molecule has 106 valence electrons. The van der Waals surface area contributed by atoms with Gasteiger partial charge in [0.1, 0.15) is 5.82 Å². The third-order valence-corrected chi connectivity index (χ3v) is 4.85. The second kappa shape index (κ2) is 5.60. The summed E-state index contributed by atoms with van der Waals surface area (Å²) < 4.78 is 37.7. The molecular weight excluding hydrogens is 324 g/mol. The minimum absolute atomic E-state index is 0.0470. The Hall–Kier alpha value is -1.30. The lowest BCUT2D eigenvalue weighted by atomic mass is 10.2. The van der Waals surface area contributed by atoms with Crippen molar-refractivity contribution in [3.05, 3.63) is 57.8 Å². The van der Waals surface area contributed by atoms with Gasteiger partial charge in [-0.3, -0.25) is 0 Å². The largest absolute Gasteiger partial charge is 0.399 e. The summed E-state index contributed by atoms with van der Waals surface area (Å²) in [5.74, 6) is -1.06. The molecule has 2 rings (SSSR count). The monoisotopic (exact) mass is 333 g/mol. The predicted octanol–water partition coefficient (Wildman–Crippen LogP) is 3.69. The van der Waals surface area contributed by atoms with Crippen molar-refractivity contribution < 1.29 is 12.8 Å². The van der Waals surface area contributed by atoms with Crippen molar-refractivity contribution in [3.8, 4) is 0 Å². The van der Waals surface area contributed by atoms with E-state index >= 15 is 0 Å². The first kappa shape index (κ1) is 15.1. The highest BCUT2D eigenvalue weighted by Crippen LogP contribution is 2.26. The molecule has 0 aliphatic heterocycles. The average Bonchev–Trinajstić information content (AvgIpc) is 2.31. The molecule has 0 saturated heterocycles. The van der Waals surface area contributed by atoms with Gasteiger partial charge < -0.3 is 5.73 Å². The number of hydrogen-bond acceptors (Lipinski definition) is 3. The number of anilines is 1. The van der Waals surface area contributed by atoms with Crippen LogP contribution < -0.4 is 5.73 Å². The minimum atomic E-state index is -3.74. The van der Waals surface area contributed by atoms with Crippen LogP contribution in [0.25, 0.3) is 0 Å². The molecule has 0 aliphatic carbocycles. The van der Waals surface area contributed by atoms with Crippen molar-refractivity contribution in [1.82, 2.24) is 0 Å². The highest BCUT2D eigenvalue weighted by atomic mass is 35.5. The molecule has 0 atom stereocenters. The topological polar surface area (TPSA) is 60.2 Å². The molecule has 0 heterocycles. The molecule has 0 unspecified atom stereocenters. The van der Waals surface area contributed by atoms with Crippen molar-refractivity contribution in [3.63, 3.8) is 0 Å². The Morgan fingerprint density at radius 3 is 2.40 bits per heavy atom. The maximum atomic E-state index is 13.2. The molecule has 0 amide bonds. The molecule has 20 heavy (non-hydrogen) atoms. The van der Waals surface area contributed by atoms with Gasteiger partial charge in [0.15, 0.2) is 9.84 Å². The van der Waals surface area contributed by atoms with E-state index in [1.54, 1.807) is 0 Å². The SMILES string of the molecule is Nc1cc(F)cc(S(=O)(=O)Cc2ccc(Cl)cc2Cl)c1. The van der Waals surface area contributed by atoms with Crippen molar-refractivity contribution in [2.75, 3.05) is 5.73 Å². The quantitative estimate of drug-likeness (QED) is 0.871. The Morgan fingerprint density at radius 1 is 1.10 bits per heavy atom. The molecule has 0 aromatic heterocycles. The van der Waals surface area contributed by atoms with Gasteiger partial charge in [-0.1, -0.05) is 29.3 Å². The van der Waals surface area contributed by atoms with Crippen molar-refractivity contribution >= 4 is 38.7 Å². The summed E-state index contributed by atoms with van der Waals surface area (Å²) >= 11 is 11.7. The molecule has 0 saturated carbocycles. The first-order valence-electron chi connectivity index (χ1n) is 5.51. The van der Waals surface area contributed by atoms with Gasteiger partial charge in [-0.25, -0.2) is 12.8 Å². The number of halogens is 3. The molecule has 0 radical (unpaired) electrons. The van der Waals surface area contributed by atoms with Gasteiger partial charge in [-0.15, -0.1) is 0 Å². The zero-order valence-electron chi connectivity index (χ0n) is 10.1. The molecule has 0 fully saturated rings. The molecule has 0 bridgehead atoms. The fourth-order valence-corrected chi connectivity index (χ4v) is 3.68. The molecule has 7 heteroatoms. The van der Waals surface area contributed by atoms with Crippen LogP contribution in [0, 0.1) is 5.82 Å². The number of benzene rings is 2. The van der Waals surface area contributed by atoms with Crippen LogP contribution >= 0.6 is 23.2 Å². The summed E-state index contributed by atoms with van der Waals surface area (Å²) in [6, 6.07) is 7.70. The van der Waals surface area contributed by atoms with Gasteiger partial charge >= 0.3 is 0 Å². The van der Waals surface area contributed by atoms with E-state index in [9.17, 15) is 12.8 Å². The lowest BCUT2D eigenvalue weighted by molar-refractivity contribution is 0.590. The summed E-state index contributed by atoms with van der Waals surface area (Å²) in [6.07, 6.45) is 0. The normalized spacial score (nSPS) is 11.6. The van der Waals surface area contributed by atoms with Crippen LogP contribution in [0.1, 0.15) is 5.56 Å². The van der Waals surface area contributed by atoms with Gasteiger partial charge in [0.05, 0.1) is 10.6 Å². The van der Waals surface area contributed by atoms with E-state index in [-0.39, 0.29) is 21.4 Å². The van der Waals surface area contributed by atoms with Gasteiger partial charge in [-0.2, -0.15) is 0 Å². The predicted molar refractivity (Wildman–Crippen MR) is 78.2 cm³/mol. The maximum absolute atomic E-state index is 13.2. The maximum Gasteiger partial charge on any atom is 0.182 e. The molecule has 2 aromatic rings. The van der Waals surface area contributed by atoms with Gasteiger partial charge in [0, 0.05) is 15.7 Å². The molecule has 3 nitrogen and oxygen atoms in total. The summed E-state index contributed by atoms with van der Waals surface area (Å²) in [5.41, 5.74) is 5.89. The lowest BCUT2D eigenvalue weighted by Crippen LogP contribution is -2.06. The fraction of sp³-hybridized carbons (Fsp3) is 0.0769. The second-order valence-corrected chi connectivity index (χ2v) is 7.05. The highest BCUT2D eigenvalue weighted by molar-refractivity contribution is 7.90. The Kier molecular flexibility index (Phi) is 4.22. The highest BCUT2D eigenvalue weighted by Gasteiger charge is 2.18. The van der Waals surface area contributed by atoms with Crippen LogP contribution in [-0.4, -0.2) is 8.42 Å². The van der Waals surface area contributed by atoms with Crippen LogP contribution in [0.4, 0.5) is 10.1 Å². The molecule has 0 spiro atoms. The molecule has 2 aromatic carbocycles. The minimum Gasteiger partial charge on any atom is -0.399 e. The fourth-order valence-electron chi connectivity index (χ4n) is 1.69. The van der Waals surface area contributed by atoms with Crippen LogP contribution in [0.2, 0.25) is 10.0 Å². The van der Waals surface area contributed by atoms with Crippen LogP contribution in [0.5, 0.6) is 0 Å². The van der Waals surface area contributed by atoms with Crippen molar-refractivity contribution in [2.45, 2.75) is 10.6 Å². The van der Waals surface area contributed by atoms with E-state index in [0.717, 1.165) is 12.1 Å². The second-order valence-electron chi connectivity index (χ2n) is 4.22. The van der Waals surface area contributed by atoms with Crippen LogP contribution in [-0.2, 0) is 15.6 Å². The first-order valence-corrected chi connectivity index (χ1v) is 7.91. The first-order chi connectivity index (χ1) is 9.28. The number of nitrogen functional groups attached to an aromatic ring is 1. The average molecular weight is 334 g/mol. The summed E-state index contributed by atoms with van der Waals surface area (Å²) in [7, 11) is -3.74. The Labute approximate surface area is 126 Å². The number of rotatable bonds is 3. The standard InChI is InChI=1S/C13H10Cl2FNO2S/c14-9-2-1-8(13(15)3-9)7-20(18,19)12-5-10(16)4-11(17)6-12/h1-6H,7,17H2. The van der Waals surface area contributed by atoms with Gasteiger partial charge in [-0.05, 0) is 35.9 Å². The third-order valence-electron chi connectivity index (χ3n) is 2.61. The van der Waals surface area contributed by atoms with E-state index in [0.29, 0.717) is 10.6 Å². The summed E-state index contributed by atoms with van der Waals surface area (Å²) in [4.78, 5) is -0.180. The zero-order valence-corrected chi connectivity index (χ0v) is 12.4. The zero-order chi connectivity index (χ0) is 14.9. The molecular formula is C13H10Cl2FNO2S. The Morgan fingerprint density at radius 2 is 1.80 bits per heavy atom. The van der Waals surface area contributed by atoms with E-state index in [4.69, 9.17) is 28.9 Å². The van der Waals surface area contributed by atoms with Crippen LogP contribution in [0.3, 0.4) is 0 Å². The van der Waals surface area contributed by atoms with E-state index in [1.165, 1.54) is 24.3 Å². The van der Waals surface area contributed by atoms with E-state index in [1.807, 2.05) is 0 Å². The van der Waals surface area contributed by atoms with Crippen LogP contribution in [0.15, 0.2) is 41.3 Å². The third kappa shape index (κ3) is 3.42. The number of nitrogens with two attached hydrogens (primary N) is 1. The van der Waals surface area contributed by atoms with Crippen molar-refractivity contribution in [1.29, 1.82) is 0 Å². The number of sulfone groups is 1. The van der Waals surface area contributed by atoms with Gasteiger partial charge in [0.25, 0.3) is 0 Å². The lowest BCUT2D eigenvalue weighted by Gasteiger charge is -2.08. The van der Waals surface area contributed by atoms with Gasteiger partial charge in [0.2, 0.25) is 0 Å². The smallest absolute Gasteiger partial charge is 0.182 e. The summed E-state index contributed by atoms with van der Waals surface area (Å²) in [6.45, 7) is 0. The van der Waals surface area contributed by atoms with E-state index in [2.05, 4.69) is 0 Å². The Bertz CT molecular complexity index is 743. The van der Waals surface area contributed by atoms with E-state index < -0.39 is 15.7 Å². The molecule has 2 N–H and O–H groups in total. The summed E-state index contributed by atoms with van der Waals surface area (Å²) in [5, 5.41) is 0.650.